The van der Waals surface area contributed by atoms with E-state index in [-0.39, 0.29) is 11.3 Å². The van der Waals surface area contributed by atoms with Crippen molar-refractivity contribution in [2.45, 2.75) is 20.8 Å². The quantitative estimate of drug-likeness (QED) is 0.0767. The van der Waals surface area contributed by atoms with Crippen molar-refractivity contribution >= 4 is 199 Å². The zero-order valence-corrected chi connectivity index (χ0v) is 39.2. The van der Waals surface area contributed by atoms with E-state index in [2.05, 4.69) is 104 Å². The molecule has 320 valence electrons. The largest absolute Gasteiger partial charge is 0.294 e. The summed E-state index contributed by atoms with van der Waals surface area (Å²) in [5.41, 5.74) is 5.26. The number of hydrogen-bond donors (Lipinski definition) is 0. The van der Waals surface area contributed by atoms with Crippen LogP contribution in [0.5, 0.6) is 0 Å². The third kappa shape index (κ3) is 4.70. The normalized spacial score (nSPS) is 13.1. The van der Waals surface area contributed by atoms with E-state index in [0.29, 0.717) is 102 Å². The van der Waals surface area contributed by atoms with Crippen LogP contribution in [-0.2, 0) is 0 Å². The molecule has 9 heteroatoms. The fourth-order valence-corrected chi connectivity index (χ4v) is 13.4. The van der Waals surface area contributed by atoms with Gasteiger partial charge in [0.25, 0.3) is 5.56 Å². The molecule has 0 saturated carbocycles. The van der Waals surface area contributed by atoms with Crippen LogP contribution >= 0.6 is 46.4 Å². The molecule has 15 aromatic rings. The average molecular weight is 954 g/mol. The number of fused-ring (bicyclic) bond motifs is 7. The highest BCUT2D eigenvalue weighted by atomic mass is 35.5. The number of aryl methyl sites for hydroxylation is 1. The minimum atomic E-state index is -0.253. The fraction of sp³-hybridized carbons (Fsp3) is 0.0508. The molecule has 0 atom stereocenters. The Kier molecular flexibility index (Phi) is 7.50. The van der Waals surface area contributed by atoms with E-state index in [0.717, 1.165) is 59.9 Å². The van der Waals surface area contributed by atoms with E-state index in [1.165, 1.54) is 28.5 Å². The minimum Gasteiger partial charge on any atom is -0.294 e. The molecule has 0 spiro atoms. The maximum absolute atomic E-state index is 15.3. The molecule has 0 aliphatic rings. The molecule has 5 nitrogen and oxygen atoms in total. The van der Waals surface area contributed by atoms with Gasteiger partial charge in [-0.2, -0.15) is 0 Å². The number of pyridine rings is 1. The summed E-state index contributed by atoms with van der Waals surface area (Å²) >= 11 is 30.1. The number of ketones is 1. The van der Waals surface area contributed by atoms with Crippen molar-refractivity contribution in [1.29, 1.82) is 0 Å². The molecule has 0 unspecified atom stereocenters. The molecule has 0 amide bonds. The van der Waals surface area contributed by atoms with Crippen LogP contribution in [0, 0.1) is 6.92 Å². The molecular formula is C59H29Cl4N3O2. The summed E-state index contributed by atoms with van der Waals surface area (Å²) in [5, 5.41) is 21.0. The first-order valence-corrected chi connectivity index (χ1v) is 23.8. The van der Waals surface area contributed by atoms with Gasteiger partial charge in [0.1, 0.15) is 5.65 Å². The Bertz CT molecular complexity index is 4930. The fourth-order valence-electron chi connectivity index (χ4n) is 12.2. The van der Waals surface area contributed by atoms with Crippen LogP contribution in [0.25, 0.3) is 135 Å². The number of halogens is 4. The maximum Gasteiger partial charge on any atom is 0.264 e. The topological polar surface area (TPSA) is 63.8 Å². The van der Waals surface area contributed by atoms with Crippen molar-refractivity contribution in [2.24, 2.45) is 4.99 Å². The predicted molar refractivity (Wildman–Crippen MR) is 289 cm³/mol. The molecule has 0 aliphatic carbocycles. The van der Waals surface area contributed by atoms with Crippen molar-refractivity contribution in [3.63, 3.8) is 0 Å². The summed E-state index contributed by atoms with van der Waals surface area (Å²) in [6.07, 6.45) is 0. The van der Waals surface area contributed by atoms with Crippen LogP contribution in [0.3, 0.4) is 0 Å². The smallest absolute Gasteiger partial charge is 0.264 e. The number of imidazole rings is 1. The lowest BCUT2D eigenvalue weighted by Gasteiger charge is -2.23. The summed E-state index contributed by atoms with van der Waals surface area (Å²) in [5.74, 6) is -0.177. The van der Waals surface area contributed by atoms with E-state index in [1.807, 2.05) is 19.1 Å². The lowest BCUT2D eigenvalue weighted by Crippen LogP contribution is -2.14. The number of hydrogen-bond acceptors (Lipinski definition) is 4. The molecule has 15 rings (SSSR count). The van der Waals surface area contributed by atoms with Crippen molar-refractivity contribution in [1.82, 2.24) is 9.38 Å². The number of Topliss-reactive ketones (excluding diaryl/α,β-unsaturated/α-hetero) is 1. The van der Waals surface area contributed by atoms with Gasteiger partial charge in [-0.3, -0.25) is 19.0 Å². The Balaban J connectivity index is 1.05. The first-order valence-electron chi connectivity index (χ1n) is 22.3. The van der Waals surface area contributed by atoms with Crippen LogP contribution < -0.4 is 5.56 Å². The Morgan fingerprint density at radius 3 is 1.60 bits per heavy atom. The van der Waals surface area contributed by atoms with E-state index in [1.54, 1.807) is 16.5 Å². The second-order valence-corrected chi connectivity index (χ2v) is 20.1. The lowest BCUT2D eigenvalue weighted by atomic mass is 9.84. The third-order valence-electron chi connectivity index (χ3n) is 15.0. The van der Waals surface area contributed by atoms with E-state index in [9.17, 15) is 4.79 Å². The van der Waals surface area contributed by atoms with E-state index in [4.69, 9.17) is 56.4 Å². The average Bonchev–Trinajstić information content (AvgIpc) is 3.73. The maximum atomic E-state index is 15.3. The lowest BCUT2D eigenvalue weighted by molar-refractivity contribution is 0.101. The molecule has 2 heterocycles. The Hall–Kier alpha value is -7.12. The first-order chi connectivity index (χ1) is 33.0. The summed E-state index contributed by atoms with van der Waals surface area (Å²) in [7, 11) is 0. The van der Waals surface area contributed by atoms with Crippen molar-refractivity contribution in [3.05, 3.63) is 168 Å². The van der Waals surface area contributed by atoms with Crippen LogP contribution in [0.1, 0.15) is 35.3 Å². The van der Waals surface area contributed by atoms with E-state index < -0.39 is 0 Å². The molecule has 0 aliphatic heterocycles. The number of nitrogens with zero attached hydrogens (tertiary/aromatic N) is 3. The van der Waals surface area contributed by atoms with Gasteiger partial charge in [0, 0.05) is 90.8 Å². The summed E-state index contributed by atoms with van der Waals surface area (Å²) < 4.78 is 1.72. The molecule has 0 fully saturated rings. The van der Waals surface area contributed by atoms with Gasteiger partial charge in [-0.05, 0) is 122 Å². The molecule has 2 aromatic heterocycles. The second kappa shape index (κ2) is 13.1. The summed E-state index contributed by atoms with van der Waals surface area (Å²) in [4.78, 5) is 39.7. The molecule has 0 bridgehead atoms. The highest BCUT2D eigenvalue weighted by Crippen LogP contribution is 2.54. The zero-order chi connectivity index (χ0) is 45.9. The number of carbonyl (C=O) groups excluding carboxylic acids is 1. The van der Waals surface area contributed by atoms with E-state index >= 15 is 4.79 Å². The molecule has 0 N–H and O–H groups in total. The molecular weight excluding hydrogens is 924 g/mol. The van der Waals surface area contributed by atoms with Gasteiger partial charge in [0.05, 0.1) is 22.1 Å². The van der Waals surface area contributed by atoms with Crippen LogP contribution in [-0.4, -0.2) is 20.9 Å². The molecule has 13 aromatic carbocycles. The highest BCUT2D eigenvalue weighted by Gasteiger charge is 2.30. The van der Waals surface area contributed by atoms with Gasteiger partial charge in [0.15, 0.2) is 5.78 Å². The van der Waals surface area contributed by atoms with Crippen molar-refractivity contribution < 1.29 is 4.79 Å². The van der Waals surface area contributed by atoms with Crippen LogP contribution in [0.15, 0.2) is 131 Å². The molecule has 0 radical (unpaired) electrons. The molecule has 68 heavy (non-hydrogen) atoms. The summed E-state index contributed by atoms with van der Waals surface area (Å²) in [6.45, 7) is 5.59. The SMILES string of the molecule is CC(=O)c1cc(Cl)c2c3c(Cl)cc4c5c(cc(Cl)c(c6c(Cl)cc(C(C)=Nc7cc8ccc9cccc%10ccc(c7C)c8c9%10)c1c62)c35)c(=O)n1c4nc2cc3ccc4cccc5ccc(c3c45)c21. The van der Waals surface area contributed by atoms with Gasteiger partial charge < -0.3 is 0 Å². The Morgan fingerprint density at radius 1 is 0.485 bits per heavy atom. The first kappa shape index (κ1) is 38.9. The van der Waals surface area contributed by atoms with Gasteiger partial charge in [-0.15, -0.1) is 0 Å². The highest BCUT2D eigenvalue weighted by molar-refractivity contribution is 6.56. The van der Waals surface area contributed by atoms with Gasteiger partial charge >= 0.3 is 0 Å². The molecule has 0 saturated heterocycles. The zero-order valence-electron chi connectivity index (χ0n) is 36.2. The Labute approximate surface area is 404 Å². The number of aromatic nitrogens is 2. The number of carbonyl (C=O) groups is 1. The number of aliphatic imine (C=N–C) groups is 1. The monoisotopic (exact) mass is 951 g/mol. The summed E-state index contributed by atoms with van der Waals surface area (Å²) in [6, 6.07) is 41.3. The third-order valence-corrected chi connectivity index (χ3v) is 16.2. The van der Waals surface area contributed by atoms with Gasteiger partial charge in [-0.25, -0.2) is 4.98 Å². The standard InChI is InChI=1S/C59H29Cl4N3O2/c1-24-33-16-14-29-8-4-6-27-10-12-31(47(33)45(27)29)18-43(24)64-25(2)35-20-39(60)51-54-42(63)23-38-50-37(22-41(62)53(56(50)54)52-40(61)21-36(26(3)67)49(35)55(51)52)58-65-44-19-32-13-11-28-7-5-9-30-15-17-34(48(32)46(28)30)57(44)66(58)59(38)68/h4-23H,1-3H3. The van der Waals surface area contributed by atoms with Crippen LogP contribution in [0.2, 0.25) is 20.1 Å². The second-order valence-electron chi connectivity index (χ2n) is 18.4. The van der Waals surface area contributed by atoms with Gasteiger partial charge in [-0.1, -0.05) is 131 Å². The number of rotatable bonds is 3. The van der Waals surface area contributed by atoms with Crippen molar-refractivity contribution in [2.75, 3.05) is 0 Å². The minimum absolute atomic E-state index is 0.177. The van der Waals surface area contributed by atoms with Crippen LogP contribution in [0.4, 0.5) is 5.69 Å². The van der Waals surface area contributed by atoms with Crippen molar-refractivity contribution in [3.8, 4) is 0 Å². The van der Waals surface area contributed by atoms with Gasteiger partial charge in [0.2, 0.25) is 0 Å². The predicted octanol–water partition coefficient (Wildman–Crippen LogP) is 17.5. The number of benzene rings is 13. The Morgan fingerprint density at radius 2 is 0.985 bits per heavy atom.